The first-order valence-electron chi connectivity index (χ1n) is 5.28. The van der Waals surface area contributed by atoms with Crippen LogP contribution in [0.2, 0.25) is 0 Å². The highest BCUT2D eigenvalue weighted by molar-refractivity contribution is 7.91. The predicted molar refractivity (Wildman–Crippen MR) is 61.5 cm³/mol. The lowest BCUT2D eigenvalue weighted by Gasteiger charge is -2.13. The zero-order valence-corrected chi connectivity index (χ0v) is 10.5. The van der Waals surface area contributed by atoms with E-state index in [4.69, 9.17) is 0 Å². The predicted octanol–water partition coefficient (Wildman–Crippen LogP) is 1.74. The first-order chi connectivity index (χ1) is 7.86. The monoisotopic (exact) mass is 263 g/mol. The van der Waals surface area contributed by atoms with Gasteiger partial charge in [0, 0.05) is 6.04 Å². The fourth-order valence-electron chi connectivity index (χ4n) is 1.54. The van der Waals surface area contributed by atoms with Crippen molar-refractivity contribution in [2.75, 3.05) is 12.3 Å². The second-order valence-corrected chi connectivity index (χ2v) is 5.82. The maximum absolute atomic E-state index is 13.3. The third-order valence-corrected chi connectivity index (χ3v) is 4.17. The summed E-state index contributed by atoms with van der Waals surface area (Å²) in [7, 11) is -3.81. The Bertz CT molecular complexity index is 488. The van der Waals surface area contributed by atoms with E-state index < -0.39 is 26.4 Å². The van der Waals surface area contributed by atoms with Crippen LogP contribution in [0.25, 0.3) is 0 Å². The van der Waals surface area contributed by atoms with Gasteiger partial charge in [-0.25, -0.2) is 17.2 Å². The highest BCUT2D eigenvalue weighted by atomic mass is 32.2. The molecule has 1 unspecified atom stereocenters. The lowest BCUT2D eigenvalue weighted by atomic mass is 10.3. The Kier molecular flexibility index (Phi) is 4.59. The molecule has 0 bridgehead atoms. The van der Waals surface area contributed by atoms with E-state index in [1.165, 1.54) is 0 Å². The van der Waals surface area contributed by atoms with E-state index in [-0.39, 0.29) is 11.8 Å². The van der Waals surface area contributed by atoms with Crippen molar-refractivity contribution in [1.82, 2.24) is 5.32 Å². The molecule has 0 saturated heterocycles. The molecule has 0 radical (unpaired) electrons. The lowest BCUT2D eigenvalue weighted by molar-refractivity contribution is 0.541. The van der Waals surface area contributed by atoms with Gasteiger partial charge in [0.15, 0.2) is 9.84 Å². The molecule has 96 valence electrons. The molecule has 0 amide bonds. The minimum Gasteiger partial charge on any atom is -0.314 e. The van der Waals surface area contributed by atoms with Crippen LogP contribution < -0.4 is 5.32 Å². The number of hydrogen-bond acceptors (Lipinski definition) is 3. The van der Waals surface area contributed by atoms with Gasteiger partial charge in [0.2, 0.25) is 0 Å². The summed E-state index contributed by atoms with van der Waals surface area (Å²) in [5.41, 5.74) is 0. The van der Waals surface area contributed by atoms with Crippen molar-refractivity contribution in [1.29, 1.82) is 0 Å². The Morgan fingerprint density at radius 2 is 2.00 bits per heavy atom. The van der Waals surface area contributed by atoms with Gasteiger partial charge in [-0.3, -0.25) is 0 Å². The highest BCUT2D eigenvalue weighted by Gasteiger charge is 2.22. The van der Waals surface area contributed by atoms with Crippen molar-refractivity contribution in [3.05, 3.63) is 29.8 Å². The van der Waals surface area contributed by atoms with E-state index in [1.807, 2.05) is 6.92 Å². The largest absolute Gasteiger partial charge is 0.314 e. The molecular weight excluding hydrogens is 248 g/mol. The Balaban J connectivity index is 3.01. The molecule has 0 saturated carbocycles. The van der Waals surface area contributed by atoms with E-state index in [0.717, 1.165) is 12.1 Å². The van der Waals surface area contributed by atoms with Crippen LogP contribution in [-0.2, 0) is 9.84 Å². The second kappa shape index (κ2) is 5.55. The summed E-state index contributed by atoms with van der Waals surface area (Å²) >= 11 is 0. The number of hydrogen-bond donors (Lipinski definition) is 1. The van der Waals surface area contributed by atoms with Crippen LogP contribution in [0.15, 0.2) is 23.1 Å². The van der Waals surface area contributed by atoms with E-state index in [1.54, 1.807) is 6.92 Å². The molecule has 17 heavy (non-hydrogen) atoms. The van der Waals surface area contributed by atoms with Crippen molar-refractivity contribution < 1.29 is 17.2 Å². The van der Waals surface area contributed by atoms with E-state index in [2.05, 4.69) is 5.32 Å². The van der Waals surface area contributed by atoms with Crippen molar-refractivity contribution in [2.24, 2.45) is 0 Å². The topological polar surface area (TPSA) is 46.2 Å². The number of nitrogens with one attached hydrogen (secondary N) is 1. The summed E-state index contributed by atoms with van der Waals surface area (Å²) in [5.74, 6) is -1.95. The third-order valence-electron chi connectivity index (χ3n) is 2.25. The normalized spacial score (nSPS) is 13.6. The smallest absolute Gasteiger partial charge is 0.182 e. The molecule has 0 aliphatic carbocycles. The second-order valence-electron chi connectivity index (χ2n) is 3.81. The SMILES string of the molecule is CCNC(C)CS(=O)(=O)c1cc(F)ccc1F. The van der Waals surface area contributed by atoms with Gasteiger partial charge in [0.1, 0.15) is 16.5 Å². The van der Waals surface area contributed by atoms with Gasteiger partial charge in [-0.05, 0) is 31.7 Å². The van der Waals surface area contributed by atoms with Gasteiger partial charge in [-0.2, -0.15) is 0 Å². The molecule has 1 rings (SSSR count). The number of halogens is 2. The fourth-order valence-corrected chi connectivity index (χ4v) is 3.15. The quantitative estimate of drug-likeness (QED) is 0.880. The standard InChI is InChI=1S/C11H15F2NO2S/c1-3-14-8(2)7-17(15,16)11-6-9(12)4-5-10(11)13/h4-6,8,14H,3,7H2,1-2H3. The molecule has 0 aromatic heterocycles. The van der Waals surface area contributed by atoms with E-state index in [9.17, 15) is 17.2 Å². The van der Waals surface area contributed by atoms with Crippen LogP contribution in [0.1, 0.15) is 13.8 Å². The number of sulfone groups is 1. The lowest BCUT2D eigenvalue weighted by Crippen LogP contribution is -2.33. The fraction of sp³-hybridized carbons (Fsp3) is 0.455. The van der Waals surface area contributed by atoms with Crippen LogP contribution >= 0.6 is 0 Å². The van der Waals surface area contributed by atoms with Gasteiger partial charge in [0.05, 0.1) is 5.75 Å². The van der Waals surface area contributed by atoms with Crippen molar-refractivity contribution in [3.8, 4) is 0 Å². The maximum atomic E-state index is 13.3. The van der Waals surface area contributed by atoms with Gasteiger partial charge in [0.25, 0.3) is 0 Å². The molecule has 1 N–H and O–H groups in total. The molecule has 0 spiro atoms. The Labute approximate surface area is 99.8 Å². The van der Waals surface area contributed by atoms with Gasteiger partial charge in [-0.1, -0.05) is 6.92 Å². The van der Waals surface area contributed by atoms with E-state index >= 15 is 0 Å². The Morgan fingerprint density at radius 1 is 1.35 bits per heavy atom. The zero-order valence-electron chi connectivity index (χ0n) is 9.70. The summed E-state index contributed by atoms with van der Waals surface area (Å²) in [4.78, 5) is -0.581. The minimum absolute atomic E-state index is 0.263. The molecule has 6 heteroatoms. The number of benzene rings is 1. The highest BCUT2D eigenvalue weighted by Crippen LogP contribution is 2.17. The minimum atomic E-state index is -3.81. The van der Waals surface area contributed by atoms with Crippen LogP contribution in [0.5, 0.6) is 0 Å². The summed E-state index contributed by atoms with van der Waals surface area (Å²) in [6, 6.07) is 2.11. The zero-order chi connectivity index (χ0) is 13.1. The molecule has 1 aromatic rings. The van der Waals surface area contributed by atoms with Crippen LogP contribution in [-0.4, -0.2) is 26.8 Å². The Morgan fingerprint density at radius 3 is 2.59 bits per heavy atom. The summed E-state index contributed by atoms with van der Waals surface area (Å²) in [6.07, 6.45) is 0. The first-order valence-corrected chi connectivity index (χ1v) is 6.93. The van der Waals surface area contributed by atoms with Gasteiger partial charge >= 0.3 is 0 Å². The molecular formula is C11H15F2NO2S. The Hall–Kier alpha value is -1.01. The van der Waals surface area contributed by atoms with Crippen molar-refractivity contribution >= 4 is 9.84 Å². The third kappa shape index (κ3) is 3.74. The molecule has 1 aromatic carbocycles. The molecule has 0 aliphatic rings. The van der Waals surface area contributed by atoms with Crippen molar-refractivity contribution in [3.63, 3.8) is 0 Å². The van der Waals surface area contributed by atoms with E-state index in [0.29, 0.717) is 12.6 Å². The van der Waals surface area contributed by atoms with Crippen molar-refractivity contribution in [2.45, 2.75) is 24.8 Å². The van der Waals surface area contributed by atoms with Crippen LogP contribution in [0.4, 0.5) is 8.78 Å². The maximum Gasteiger partial charge on any atom is 0.182 e. The average molecular weight is 263 g/mol. The van der Waals surface area contributed by atoms with Gasteiger partial charge in [-0.15, -0.1) is 0 Å². The summed E-state index contributed by atoms with van der Waals surface area (Å²) < 4.78 is 49.9. The van der Waals surface area contributed by atoms with Crippen LogP contribution in [0.3, 0.4) is 0 Å². The van der Waals surface area contributed by atoms with Crippen LogP contribution in [0, 0.1) is 11.6 Å². The first kappa shape index (κ1) is 14.1. The molecule has 0 aliphatic heterocycles. The molecule has 1 atom stereocenters. The molecule has 0 fully saturated rings. The molecule has 3 nitrogen and oxygen atoms in total. The summed E-state index contributed by atoms with van der Waals surface area (Å²) in [6.45, 7) is 4.13. The average Bonchev–Trinajstić information content (AvgIpc) is 2.21. The van der Waals surface area contributed by atoms with Gasteiger partial charge < -0.3 is 5.32 Å². The number of rotatable bonds is 5. The summed E-state index contributed by atoms with van der Waals surface area (Å²) in [5, 5.41) is 2.91. The molecule has 0 heterocycles.